The number of carboxylic acid groups (broad SMARTS) is 1. The maximum absolute atomic E-state index is 11.7. The number of rotatable bonds is 6. The highest BCUT2D eigenvalue weighted by molar-refractivity contribution is 5.92. The first kappa shape index (κ1) is 14.2. The van der Waals surface area contributed by atoms with Crippen molar-refractivity contribution in [2.75, 3.05) is 13.7 Å². The van der Waals surface area contributed by atoms with E-state index >= 15 is 0 Å². The quantitative estimate of drug-likeness (QED) is 0.769. The van der Waals surface area contributed by atoms with Crippen LogP contribution in [-0.4, -0.2) is 41.7 Å². The van der Waals surface area contributed by atoms with E-state index in [9.17, 15) is 9.59 Å². The van der Waals surface area contributed by atoms with Gasteiger partial charge in [-0.3, -0.25) is 9.59 Å². The number of hydrogen-bond acceptors (Lipinski definition) is 5. The van der Waals surface area contributed by atoms with Crippen LogP contribution in [0, 0.1) is 13.8 Å². The molecule has 1 heterocycles. The molecule has 0 radical (unpaired) electrons. The summed E-state index contributed by atoms with van der Waals surface area (Å²) >= 11 is 0. The molecule has 0 bridgehead atoms. The molecule has 2 N–H and O–H groups in total. The molecule has 0 aliphatic carbocycles. The minimum atomic E-state index is -0.984. The summed E-state index contributed by atoms with van der Waals surface area (Å²) in [6.45, 7) is 3.41. The zero-order valence-electron chi connectivity index (χ0n) is 10.5. The summed E-state index contributed by atoms with van der Waals surface area (Å²) in [6.07, 6.45) is -0.749. The molecule has 1 atom stereocenters. The van der Waals surface area contributed by atoms with Gasteiger partial charge in [-0.2, -0.15) is 0 Å². The van der Waals surface area contributed by atoms with E-state index in [2.05, 4.69) is 10.3 Å². The number of aliphatic carboxylic acids is 1. The highest BCUT2D eigenvalue weighted by atomic mass is 16.5. The number of oxazole rings is 1. The second-order valence-electron chi connectivity index (χ2n) is 3.81. The van der Waals surface area contributed by atoms with Crippen LogP contribution in [0.2, 0.25) is 0 Å². The largest absolute Gasteiger partial charge is 0.481 e. The summed E-state index contributed by atoms with van der Waals surface area (Å²) in [5, 5.41) is 11.2. The van der Waals surface area contributed by atoms with Gasteiger partial charge in [0.2, 0.25) is 5.76 Å². The maximum atomic E-state index is 11.7. The third kappa shape index (κ3) is 3.85. The molecule has 100 valence electrons. The van der Waals surface area contributed by atoms with Crippen LogP contribution in [0.4, 0.5) is 0 Å². The second kappa shape index (κ2) is 6.15. The first-order valence-corrected chi connectivity index (χ1v) is 5.40. The fourth-order valence-electron chi connectivity index (χ4n) is 1.46. The van der Waals surface area contributed by atoms with Crippen molar-refractivity contribution in [2.24, 2.45) is 0 Å². The van der Waals surface area contributed by atoms with Crippen LogP contribution in [-0.2, 0) is 9.53 Å². The van der Waals surface area contributed by atoms with Crippen molar-refractivity contribution in [1.82, 2.24) is 10.3 Å². The third-order valence-electron chi connectivity index (χ3n) is 2.34. The Kier molecular flexibility index (Phi) is 4.85. The average molecular weight is 256 g/mol. The molecule has 1 unspecified atom stereocenters. The molecule has 0 fully saturated rings. The molecule has 18 heavy (non-hydrogen) atoms. The van der Waals surface area contributed by atoms with Gasteiger partial charge in [-0.1, -0.05) is 0 Å². The van der Waals surface area contributed by atoms with E-state index in [1.165, 1.54) is 7.11 Å². The highest BCUT2D eigenvalue weighted by Crippen LogP contribution is 2.09. The minimum Gasteiger partial charge on any atom is -0.481 e. The van der Waals surface area contributed by atoms with E-state index in [-0.39, 0.29) is 18.7 Å². The van der Waals surface area contributed by atoms with E-state index in [0.29, 0.717) is 11.6 Å². The van der Waals surface area contributed by atoms with E-state index in [4.69, 9.17) is 14.3 Å². The molecule has 0 spiro atoms. The standard InChI is InChI=1S/C11H16N2O5/c1-6-10(18-7(2)13-6)11(16)12-5-8(17-3)4-9(14)15/h8H,4-5H2,1-3H3,(H,12,16)(H,14,15). The fraction of sp³-hybridized carbons (Fsp3) is 0.545. The molecule has 0 saturated carbocycles. The van der Waals surface area contributed by atoms with Crippen molar-refractivity contribution in [3.05, 3.63) is 17.3 Å². The lowest BCUT2D eigenvalue weighted by Crippen LogP contribution is -2.34. The monoisotopic (exact) mass is 256 g/mol. The molecule has 7 heteroatoms. The number of methoxy groups -OCH3 is 1. The Morgan fingerprint density at radius 2 is 2.17 bits per heavy atom. The van der Waals surface area contributed by atoms with Crippen molar-refractivity contribution < 1.29 is 23.8 Å². The Labute approximate surface area is 104 Å². The third-order valence-corrected chi connectivity index (χ3v) is 2.34. The van der Waals surface area contributed by atoms with E-state index in [0.717, 1.165) is 0 Å². The Hall–Kier alpha value is -1.89. The summed E-state index contributed by atoms with van der Waals surface area (Å²) in [6, 6.07) is 0. The summed E-state index contributed by atoms with van der Waals surface area (Å²) in [7, 11) is 1.39. The smallest absolute Gasteiger partial charge is 0.306 e. The summed E-state index contributed by atoms with van der Waals surface area (Å²) < 4.78 is 10.1. The molecule has 0 aliphatic rings. The molecule has 0 aliphatic heterocycles. The van der Waals surface area contributed by atoms with Gasteiger partial charge in [-0.25, -0.2) is 4.98 Å². The zero-order valence-corrected chi connectivity index (χ0v) is 10.5. The number of carbonyl (C=O) groups is 2. The molecular formula is C11H16N2O5. The van der Waals surface area contributed by atoms with Gasteiger partial charge >= 0.3 is 5.97 Å². The molecule has 0 saturated heterocycles. The SMILES string of the molecule is COC(CNC(=O)c1oc(C)nc1C)CC(=O)O. The number of aromatic nitrogens is 1. The van der Waals surface area contributed by atoms with Gasteiger partial charge in [0.1, 0.15) is 0 Å². The Morgan fingerprint density at radius 1 is 1.50 bits per heavy atom. The molecule has 1 aromatic rings. The number of nitrogens with one attached hydrogen (secondary N) is 1. The number of carbonyl (C=O) groups excluding carboxylic acids is 1. The Bertz CT molecular complexity index is 441. The van der Waals surface area contributed by atoms with E-state index < -0.39 is 18.0 Å². The maximum Gasteiger partial charge on any atom is 0.306 e. The summed E-state index contributed by atoms with van der Waals surface area (Å²) in [5.74, 6) is -0.868. The van der Waals surface area contributed by atoms with Gasteiger partial charge in [-0.15, -0.1) is 0 Å². The highest BCUT2D eigenvalue weighted by Gasteiger charge is 2.18. The van der Waals surface area contributed by atoms with Crippen LogP contribution in [0.5, 0.6) is 0 Å². The second-order valence-corrected chi connectivity index (χ2v) is 3.81. The molecule has 1 aromatic heterocycles. The first-order chi connectivity index (χ1) is 8.43. The Morgan fingerprint density at radius 3 is 2.61 bits per heavy atom. The predicted octanol–water partition coefficient (Wildman–Crippen LogP) is 0.511. The van der Waals surface area contributed by atoms with Gasteiger partial charge in [0.25, 0.3) is 5.91 Å². The van der Waals surface area contributed by atoms with Crippen molar-refractivity contribution in [2.45, 2.75) is 26.4 Å². The summed E-state index contributed by atoms with van der Waals surface area (Å²) in [4.78, 5) is 26.2. The van der Waals surface area contributed by atoms with Gasteiger partial charge in [0.15, 0.2) is 5.89 Å². The van der Waals surface area contributed by atoms with Crippen LogP contribution in [0.25, 0.3) is 0 Å². The molecule has 1 rings (SSSR count). The lowest BCUT2D eigenvalue weighted by molar-refractivity contribution is -0.139. The topological polar surface area (TPSA) is 102 Å². The number of amides is 1. The van der Waals surface area contributed by atoms with Crippen molar-refractivity contribution in [3.63, 3.8) is 0 Å². The van der Waals surface area contributed by atoms with Gasteiger partial charge in [0.05, 0.1) is 18.2 Å². The summed E-state index contributed by atoms with van der Waals surface area (Å²) in [5.41, 5.74) is 0.497. The normalized spacial score (nSPS) is 12.2. The van der Waals surface area contributed by atoms with Crippen molar-refractivity contribution in [1.29, 1.82) is 0 Å². The molecule has 1 amide bonds. The van der Waals surface area contributed by atoms with Crippen molar-refractivity contribution in [3.8, 4) is 0 Å². The van der Waals surface area contributed by atoms with E-state index in [1.54, 1.807) is 13.8 Å². The van der Waals surface area contributed by atoms with Crippen LogP contribution in [0.3, 0.4) is 0 Å². The molecule has 0 aromatic carbocycles. The lowest BCUT2D eigenvalue weighted by Gasteiger charge is -2.13. The lowest BCUT2D eigenvalue weighted by atomic mass is 10.2. The molecule has 7 nitrogen and oxygen atoms in total. The molecular weight excluding hydrogens is 240 g/mol. The van der Waals surface area contributed by atoms with Crippen LogP contribution >= 0.6 is 0 Å². The first-order valence-electron chi connectivity index (χ1n) is 5.40. The number of aryl methyl sites for hydroxylation is 2. The fourth-order valence-corrected chi connectivity index (χ4v) is 1.46. The van der Waals surface area contributed by atoms with Gasteiger partial charge < -0.3 is 19.6 Å². The minimum absolute atomic E-state index is 0.0980. The van der Waals surface area contributed by atoms with E-state index in [1.807, 2.05) is 0 Å². The average Bonchev–Trinajstić information content (AvgIpc) is 2.62. The van der Waals surface area contributed by atoms with Crippen LogP contribution in [0.15, 0.2) is 4.42 Å². The number of nitrogens with zero attached hydrogens (tertiary/aromatic N) is 1. The van der Waals surface area contributed by atoms with Crippen LogP contribution in [0.1, 0.15) is 28.6 Å². The van der Waals surface area contributed by atoms with Gasteiger partial charge in [-0.05, 0) is 6.92 Å². The van der Waals surface area contributed by atoms with Crippen molar-refractivity contribution >= 4 is 11.9 Å². The van der Waals surface area contributed by atoms with Gasteiger partial charge in [0, 0.05) is 20.6 Å². The Balaban J connectivity index is 2.55. The predicted molar refractivity (Wildman–Crippen MR) is 61.4 cm³/mol. The van der Waals surface area contributed by atoms with Crippen LogP contribution < -0.4 is 5.32 Å². The number of hydrogen-bond donors (Lipinski definition) is 2. The number of ether oxygens (including phenoxy) is 1. The zero-order chi connectivity index (χ0) is 13.7. The number of carboxylic acids is 1.